The van der Waals surface area contributed by atoms with Crippen molar-refractivity contribution in [2.45, 2.75) is 23.3 Å². The summed E-state index contributed by atoms with van der Waals surface area (Å²) in [4.78, 5) is 13.7. The molecule has 1 N–H and O–H groups in total. The number of nitrogens with one attached hydrogen (secondary N) is 1. The van der Waals surface area contributed by atoms with Gasteiger partial charge in [0, 0.05) is 31.1 Å². The molecule has 2 rings (SSSR count). The van der Waals surface area contributed by atoms with Crippen LogP contribution >= 0.6 is 11.8 Å². The molecule has 134 valence electrons. The van der Waals surface area contributed by atoms with E-state index in [4.69, 9.17) is 0 Å². The van der Waals surface area contributed by atoms with Crippen LogP contribution in [0.15, 0.2) is 52.3 Å². The molecule has 25 heavy (non-hydrogen) atoms. The fourth-order valence-corrected chi connectivity index (χ4v) is 3.90. The number of aryl methyl sites for hydroxylation is 1. The van der Waals surface area contributed by atoms with Crippen molar-refractivity contribution in [3.05, 3.63) is 59.2 Å². The van der Waals surface area contributed by atoms with Crippen LogP contribution in [0.4, 0.5) is 0 Å². The van der Waals surface area contributed by atoms with E-state index < -0.39 is 10.0 Å². The zero-order valence-corrected chi connectivity index (χ0v) is 16.4. The van der Waals surface area contributed by atoms with Crippen LogP contribution in [0, 0.1) is 6.92 Å². The van der Waals surface area contributed by atoms with Gasteiger partial charge in [0.05, 0.1) is 4.90 Å². The van der Waals surface area contributed by atoms with Crippen molar-refractivity contribution in [3.8, 4) is 0 Å². The highest BCUT2D eigenvalue weighted by atomic mass is 32.2. The summed E-state index contributed by atoms with van der Waals surface area (Å²) < 4.78 is 26.0. The number of nitrogens with zero attached hydrogens (tertiary/aromatic N) is 1. The maximum absolute atomic E-state index is 12.5. The summed E-state index contributed by atoms with van der Waals surface area (Å²) in [6.45, 7) is 2.02. The molecule has 0 saturated carbocycles. The molecule has 0 aliphatic carbocycles. The summed E-state index contributed by atoms with van der Waals surface area (Å²) in [5.41, 5.74) is 2.03. The first-order chi connectivity index (χ1) is 11.8. The van der Waals surface area contributed by atoms with Gasteiger partial charge >= 0.3 is 0 Å². The fourth-order valence-electron chi connectivity index (χ4n) is 2.34. The van der Waals surface area contributed by atoms with Crippen molar-refractivity contribution >= 4 is 27.7 Å². The Morgan fingerprint density at radius 3 is 2.48 bits per heavy atom. The molecule has 0 aliphatic rings. The van der Waals surface area contributed by atoms with Gasteiger partial charge in [-0.3, -0.25) is 4.79 Å². The van der Waals surface area contributed by atoms with E-state index in [0.29, 0.717) is 11.1 Å². The Balaban J connectivity index is 2.24. The minimum Gasteiger partial charge on any atom is -0.348 e. The zero-order valence-electron chi connectivity index (χ0n) is 14.7. The molecule has 2 aromatic rings. The molecule has 0 radical (unpaired) electrons. The highest BCUT2D eigenvalue weighted by molar-refractivity contribution is 7.98. The summed E-state index contributed by atoms with van der Waals surface area (Å²) >= 11 is 1.57. The van der Waals surface area contributed by atoms with Crippen molar-refractivity contribution < 1.29 is 13.2 Å². The lowest BCUT2D eigenvalue weighted by atomic mass is 10.1. The largest absolute Gasteiger partial charge is 0.348 e. The Bertz CT molecular complexity index is 878. The van der Waals surface area contributed by atoms with Gasteiger partial charge in [0.1, 0.15) is 0 Å². The van der Waals surface area contributed by atoms with E-state index in [1.807, 2.05) is 31.4 Å². The number of rotatable bonds is 6. The minimum absolute atomic E-state index is 0.144. The first-order valence-electron chi connectivity index (χ1n) is 7.70. The maximum atomic E-state index is 12.5. The molecule has 7 heteroatoms. The monoisotopic (exact) mass is 378 g/mol. The molecule has 0 aliphatic heterocycles. The van der Waals surface area contributed by atoms with E-state index in [0.717, 1.165) is 10.5 Å². The third-order valence-corrected chi connectivity index (χ3v) is 6.50. The molecule has 0 bridgehead atoms. The Morgan fingerprint density at radius 2 is 1.84 bits per heavy atom. The molecular formula is C18H22N2O3S2. The number of benzene rings is 2. The average Bonchev–Trinajstić information content (AvgIpc) is 2.60. The van der Waals surface area contributed by atoms with Gasteiger partial charge in [0.2, 0.25) is 10.0 Å². The number of hydrogen-bond donors (Lipinski definition) is 1. The third-order valence-electron chi connectivity index (χ3n) is 3.86. The number of carbonyl (C=O) groups excluding carboxylic acids is 1. The number of hydrogen-bond acceptors (Lipinski definition) is 4. The van der Waals surface area contributed by atoms with Gasteiger partial charge in [-0.2, -0.15) is 0 Å². The van der Waals surface area contributed by atoms with E-state index in [2.05, 4.69) is 5.32 Å². The zero-order chi connectivity index (χ0) is 18.6. The van der Waals surface area contributed by atoms with Gasteiger partial charge in [-0.25, -0.2) is 12.7 Å². The number of sulfonamides is 1. The second-order valence-electron chi connectivity index (χ2n) is 5.76. The molecule has 0 aromatic heterocycles. The van der Waals surface area contributed by atoms with Crippen molar-refractivity contribution in [2.24, 2.45) is 0 Å². The minimum atomic E-state index is -3.56. The van der Waals surface area contributed by atoms with E-state index in [9.17, 15) is 13.2 Å². The average molecular weight is 379 g/mol. The van der Waals surface area contributed by atoms with Crippen LogP contribution in [-0.2, 0) is 16.6 Å². The Hall–Kier alpha value is -1.83. The Morgan fingerprint density at radius 1 is 1.16 bits per heavy atom. The quantitative estimate of drug-likeness (QED) is 0.785. The molecule has 0 spiro atoms. The topological polar surface area (TPSA) is 66.5 Å². The lowest BCUT2D eigenvalue weighted by molar-refractivity contribution is 0.0949. The van der Waals surface area contributed by atoms with Gasteiger partial charge < -0.3 is 5.32 Å². The fraction of sp³-hybridized carbons (Fsp3) is 0.278. The smallest absolute Gasteiger partial charge is 0.251 e. The number of amides is 1. The van der Waals surface area contributed by atoms with Crippen LogP contribution in [0.5, 0.6) is 0 Å². The second-order valence-corrected chi connectivity index (χ2v) is 8.76. The van der Waals surface area contributed by atoms with Crippen LogP contribution < -0.4 is 5.32 Å². The van der Waals surface area contributed by atoms with E-state index in [-0.39, 0.29) is 17.3 Å². The molecule has 1 amide bonds. The second kappa shape index (κ2) is 8.03. The third kappa shape index (κ3) is 4.42. The van der Waals surface area contributed by atoms with Crippen LogP contribution in [0.25, 0.3) is 0 Å². The van der Waals surface area contributed by atoms with Crippen molar-refractivity contribution in [2.75, 3.05) is 20.4 Å². The van der Waals surface area contributed by atoms with Crippen molar-refractivity contribution in [1.82, 2.24) is 9.62 Å². The summed E-state index contributed by atoms with van der Waals surface area (Å²) in [5.74, 6) is -0.217. The Kier molecular flexibility index (Phi) is 6.26. The lowest BCUT2D eigenvalue weighted by Crippen LogP contribution is -2.27. The molecule has 5 nitrogen and oxygen atoms in total. The van der Waals surface area contributed by atoms with Crippen LogP contribution in [-0.4, -0.2) is 39.0 Å². The summed E-state index contributed by atoms with van der Waals surface area (Å²) in [7, 11) is -0.584. The van der Waals surface area contributed by atoms with E-state index >= 15 is 0 Å². The van der Waals surface area contributed by atoms with Crippen LogP contribution in [0.3, 0.4) is 0 Å². The van der Waals surface area contributed by atoms with E-state index in [1.54, 1.807) is 36.0 Å². The molecule has 2 aromatic carbocycles. The predicted octanol–water partition coefficient (Wildman–Crippen LogP) is 2.90. The van der Waals surface area contributed by atoms with Crippen LogP contribution in [0.2, 0.25) is 0 Å². The van der Waals surface area contributed by atoms with Gasteiger partial charge in [0.15, 0.2) is 0 Å². The molecular weight excluding hydrogens is 356 g/mol. The first-order valence-corrected chi connectivity index (χ1v) is 10.4. The SMILES string of the molecule is CSc1ccc(C)c(C(=O)NCc2ccccc2S(=O)(=O)N(C)C)c1. The molecule has 0 atom stereocenters. The van der Waals surface area contributed by atoms with Gasteiger partial charge in [-0.05, 0) is 42.5 Å². The first kappa shape index (κ1) is 19.5. The molecule has 0 heterocycles. The summed E-state index contributed by atoms with van der Waals surface area (Å²) in [6, 6.07) is 12.4. The van der Waals surface area contributed by atoms with Gasteiger partial charge in [-0.1, -0.05) is 24.3 Å². The van der Waals surface area contributed by atoms with Crippen molar-refractivity contribution in [3.63, 3.8) is 0 Å². The highest BCUT2D eigenvalue weighted by Crippen LogP contribution is 2.20. The van der Waals surface area contributed by atoms with E-state index in [1.165, 1.54) is 18.4 Å². The van der Waals surface area contributed by atoms with Gasteiger partial charge in [0.25, 0.3) is 5.91 Å². The highest BCUT2D eigenvalue weighted by Gasteiger charge is 2.21. The molecule has 0 unspecified atom stereocenters. The normalized spacial score (nSPS) is 11.6. The van der Waals surface area contributed by atoms with Gasteiger partial charge in [-0.15, -0.1) is 11.8 Å². The molecule has 0 saturated heterocycles. The summed E-state index contributed by atoms with van der Waals surface area (Å²) in [6.07, 6.45) is 1.95. The summed E-state index contributed by atoms with van der Waals surface area (Å²) in [5, 5.41) is 2.83. The van der Waals surface area contributed by atoms with Crippen molar-refractivity contribution in [1.29, 1.82) is 0 Å². The predicted molar refractivity (Wildman–Crippen MR) is 101 cm³/mol. The Labute approximate surface area is 153 Å². The lowest BCUT2D eigenvalue weighted by Gasteiger charge is -2.16. The van der Waals surface area contributed by atoms with Crippen LogP contribution in [0.1, 0.15) is 21.5 Å². The maximum Gasteiger partial charge on any atom is 0.251 e. The standard InChI is InChI=1S/C18H22N2O3S2/c1-13-9-10-15(24-4)11-16(13)18(21)19-12-14-7-5-6-8-17(14)25(22,23)20(2)3/h5-11H,12H2,1-4H3,(H,19,21). The number of thioether (sulfide) groups is 1. The number of carbonyl (C=O) groups is 1. The molecule has 0 fully saturated rings.